The van der Waals surface area contributed by atoms with Crippen molar-refractivity contribution in [3.05, 3.63) is 33.8 Å². The van der Waals surface area contributed by atoms with Crippen LogP contribution < -0.4 is 5.32 Å². The van der Waals surface area contributed by atoms with Crippen molar-refractivity contribution in [3.8, 4) is 0 Å². The highest BCUT2D eigenvalue weighted by Gasteiger charge is 2.05. The molecule has 0 bridgehead atoms. The molecule has 6 heteroatoms. The van der Waals surface area contributed by atoms with E-state index in [1.54, 1.807) is 18.2 Å². The summed E-state index contributed by atoms with van der Waals surface area (Å²) in [4.78, 5) is 21.5. The third kappa shape index (κ3) is 5.38. The molecule has 0 aliphatic heterocycles. The summed E-state index contributed by atoms with van der Waals surface area (Å²) in [5.74, 6) is -1.26. The van der Waals surface area contributed by atoms with E-state index in [9.17, 15) is 9.59 Å². The quantitative estimate of drug-likeness (QED) is 0.846. The van der Waals surface area contributed by atoms with Crippen molar-refractivity contribution < 1.29 is 14.7 Å². The summed E-state index contributed by atoms with van der Waals surface area (Å²) in [5, 5.41) is 12.2. The van der Waals surface area contributed by atoms with Gasteiger partial charge in [-0.2, -0.15) is 0 Å². The van der Waals surface area contributed by atoms with Gasteiger partial charge in [0.25, 0.3) is 0 Å². The highest BCUT2D eigenvalue weighted by molar-refractivity contribution is 6.35. The van der Waals surface area contributed by atoms with Gasteiger partial charge >= 0.3 is 5.97 Å². The lowest BCUT2D eigenvalue weighted by Gasteiger charge is -2.06. The van der Waals surface area contributed by atoms with E-state index in [0.29, 0.717) is 23.0 Å². The van der Waals surface area contributed by atoms with Crippen molar-refractivity contribution in [2.75, 3.05) is 6.54 Å². The van der Waals surface area contributed by atoms with Crippen molar-refractivity contribution in [1.29, 1.82) is 0 Å². The molecule has 1 aromatic rings. The number of carbonyl (C=O) groups is 2. The number of carboxylic acids is 1. The van der Waals surface area contributed by atoms with E-state index >= 15 is 0 Å². The first-order chi connectivity index (χ1) is 8.49. The largest absolute Gasteiger partial charge is 0.481 e. The van der Waals surface area contributed by atoms with Crippen LogP contribution in [0.3, 0.4) is 0 Å². The molecule has 1 rings (SSSR count). The summed E-state index contributed by atoms with van der Waals surface area (Å²) >= 11 is 11.7. The minimum atomic E-state index is -0.981. The Bertz CT molecular complexity index is 449. The Balaban J connectivity index is 2.33. The van der Waals surface area contributed by atoms with Gasteiger partial charge in [-0.15, -0.1) is 0 Å². The van der Waals surface area contributed by atoms with E-state index in [-0.39, 0.29) is 18.7 Å². The number of hydrogen-bond acceptors (Lipinski definition) is 2. The molecular weight excluding hydrogens is 277 g/mol. The van der Waals surface area contributed by atoms with Crippen LogP contribution in [0.4, 0.5) is 0 Å². The van der Waals surface area contributed by atoms with Crippen molar-refractivity contribution >= 4 is 35.1 Å². The van der Waals surface area contributed by atoms with Crippen LogP contribution in [0.25, 0.3) is 0 Å². The molecule has 0 aromatic heterocycles. The number of amides is 1. The van der Waals surface area contributed by atoms with E-state index in [1.165, 1.54) is 0 Å². The minimum absolute atomic E-state index is 0.0102. The Kier molecular flexibility index (Phi) is 5.95. The standard InChI is InChI=1S/C12H13Cl2NO3/c13-9-2-1-8(10(14)7-9)5-6-15-11(16)3-4-12(17)18/h1-2,7H,3-6H2,(H,15,16)(H,17,18). The highest BCUT2D eigenvalue weighted by atomic mass is 35.5. The van der Waals surface area contributed by atoms with Gasteiger partial charge in [-0.05, 0) is 24.1 Å². The Labute approximate surface area is 115 Å². The molecule has 0 saturated heterocycles. The third-order valence-electron chi connectivity index (χ3n) is 2.30. The molecule has 98 valence electrons. The van der Waals surface area contributed by atoms with Crippen LogP contribution in [0, 0.1) is 0 Å². The summed E-state index contributed by atoms with van der Waals surface area (Å²) in [5.41, 5.74) is 0.889. The van der Waals surface area contributed by atoms with Gasteiger partial charge in [0, 0.05) is 23.0 Å². The summed E-state index contributed by atoms with van der Waals surface area (Å²) in [6.45, 7) is 0.416. The van der Waals surface area contributed by atoms with Gasteiger partial charge in [-0.3, -0.25) is 9.59 Å². The molecule has 0 fully saturated rings. The molecule has 0 aliphatic carbocycles. The normalized spacial score (nSPS) is 10.1. The van der Waals surface area contributed by atoms with Crippen molar-refractivity contribution in [2.24, 2.45) is 0 Å². The van der Waals surface area contributed by atoms with Crippen LogP contribution in [0.1, 0.15) is 18.4 Å². The van der Waals surface area contributed by atoms with Crippen LogP contribution in [0.5, 0.6) is 0 Å². The number of carboxylic acid groups (broad SMARTS) is 1. The molecule has 1 amide bonds. The van der Waals surface area contributed by atoms with Gasteiger partial charge in [0.05, 0.1) is 6.42 Å². The van der Waals surface area contributed by atoms with Crippen molar-refractivity contribution in [1.82, 2.24) is 5.32 Å². The van der Waals surface area contributed by atoms with Crippen molar-refractivity contribution in [2.45, 2.75) is 19.3 Å². The molecule has 0 saturated carbocycles. The summed E-state index contributed by atoms with van der Waals surface area (Å²) in [7, 11) is 0. The fourth-order valence-electron chi connectivity index (χ4n) is 1.37. The number of nitrogens with one attached hydrogen (secondary N) is 1. The number of aliphatic carboxylic acids is 1. The van der Waals surface area contributed by atoms with Gasteiger partial charge in [-0.25, -0.2) is 0 Å². The zero-order valence-electron chi connectivity index (χ0n) is 9.58. The Morgan fingerprint density at radius 1 is 1.22 bits per heavy atom. The third-order valence-corrected chi connectivity index (χ3v) is 2.88. The van der Waals surface area contributed by atoms with Crippen LogP contribution in [-0.4, -0.2) is 23.5 Å². The van der Waals surface area contributed by atoms with E-state index in [0.717, 1.165) is 5.56 Å². The average Bonchev–Trinajstić information content (AvgIpc) is 2.29. The number of carbonyl (C=O) groups excluding carboxylic acids is 1. The SMILES string of the molecule is O=C(O)CCC(=O)NCCc1ccc(Cl)cc1Cl. The number of halogens is 2. The van der Waals surface area contributed by atoms with E-state index in [2.05, 4.69) is 5.32 Å². The summed E-state index contributed by atoms with van der Waals surface area (Å²) in [6, 6.07) is 5.17. The van der Waals surface area contributed by atoms with Gasteiger partial charge in [0.15, 0.2) is 0 Å². The zero-order valence-corrected chi connectivity index (χ0v) is 11.1. The first-order valence-electron chi connectivity index (χ1n) is 5.41. The Morgan fingerprint density at radius 3 is 2.56 bits per heavy atom. The lowest BCUT2D eigenvalue weighted by molar-refractivity contribution is -0.138. The lowest BCUT2D eigenvalue weighted by atomic mass is 10.1. The molecule has 0 spiro atoms. The maximum atomic E-state index is 11.2. The maximum Gasteiger partial charge on any atom is 0.303 e. The van der Waals surface area contributed by atoms with Gasteiger partial charge < -0.3 is 10.4 Å². The number of benzene rings is 1. The minimum Gasteiger partial charge on any atom is -0.481 e. The Morgan fingerprint density at radius 2 is 1.94 bits per heavy atom. The number of rotatable bonds is 6. The van der Waals surface area contributed by atoms with Gasteiger partial charge in [-0.1, -0.05) is 29.3 Å². The van der Waals surface area contributed by atoms with Crippen LogP contribution in [0.2, 0.25) is 10.0 Å². The smallest absolute Gasteiger partial charge is 0.303 e. The predicted octanol–water partition coefficient (Wildman–Crippen LogP) is 2.52. The monoisotopic (exact) mass is 289 g/mol. The molecule has 2 N–H and O–H groups in total. The average molecular weight is 290 g/mol. The van der Waals surface area contributed by atoms with E-state index < -0.39 is 5.97 Å². The van der Waals surface area contributed by atoms with Gasteiger partial charge in [0.1, 0.15) is 0 Å². The maximum absolute atomic E-state index is 11.2. The molecule has 18 heavy (non-hydrogen) atoms. The van der Waals surface area contributed by atoms with Crippen LogP contribution in [-0.2, 0) is 16.0 Å². The second kappa shape index (κ2) is 7.24. The zero-order chi connectivity index (χ0) is 13.5. The fourth-order valence-corrected chi connectivity index (χ4v) is 1.87. The van der Waals surface area contributed by atoms with Crippen LogP contribution in [0.15, 0.2) is 18.2 Å². The molecule has 4 nitrogen and oxygen atoms in total. The molecule has 0 radical (unpaired) electrons. The van der Waals surface area contributed by atoms with E-state index in [1.807, 2.05) is 0 Å². The van der Waals surface area contributed by atoms with E-state index in [4.69, 9.17) is 28.3 Å². The molecule has 0 atom stereocenters. The molecular formula is C12H13Cl2NO3. The van der Waals surface area contributed by atoms with Crippen molar-refractivity contribution in [3.63, 3.8) is 0 Å². The second-order valence-corrected chi connectivity index (χ2v) is 4.57. The summed E-state index contributed by atoms with van der Waals surface area (Å²) in [6.07, 6.45) is 0.409. The topological polar surface area (TPSA) is 66.4 Å². The molecule has 0 aliphatic rings. The molecule has 0 unspecified atom stereocenters. The van der Waals surface area contributed by atoms with Gasteiger partial charge in [0.2, 0.25) is 5.91 Å². The fraction of sp³-hybridized carbons (Fsp3) is 0.333. The second-order valence-electron chi connectivity index (χ2n) is 3.73. The Hall–Kier alpha value is -1.26. The number of hydrogen-bond donors (Lipinski definition) is 2. The first-order valence-corrected chi connectivity index (χ1v) is 6.17. The van der Waals surface area contributed by atoms with Crippen LogP contribution >= 0.6 is 23.2 Å². The molecule has 0 heterocycles. The molecule has 1 aromatic carbocycles. The predicted molar refractivity (Wildman–Crippen MR) is 70.0 cm³/mol. The lowest BCUT2D eigenvalue weighted by Crippen LogP contribution is -2.26. The highest BCUT2D eigenvalue weighted by Crippen LogP contribution is 2.20. The summed E-state index contributed by atoms with van der Waals surface area (Å²) < 4.78 is 0. The first kappa shape index (κ1) is 14.8.